The van der Waals surface area contributed by atoms with Gasteiger partial charge in [0, 0.05) is 33.6 Å². The van der Waals surface area contributed by atoms with Crippen molar-refractivity contribution in [1.29, 1.82) is 0 Å². The van der Waals surface area contributed by atoms with E-state index in [1.165, 1.54) is 17.3 Å². The Bertz CT molecular complexity index is 954. The molecular weight excluding hydrogens is 485 g/mol. The summed E-state index contributed by atoms with van der Waals surface area (Å²) in [4.78, 5) is 16.4. The van der Waals surface area contributed by atoms with Crippen LogP contribution < -0.4 is 5.32 Å². The molecule has 28 heavy (non-hydrogen) atoms. The number of hydrogen-bond acceptors (Lipinski definition) is 5. The van der Waals surface area contributed by atoms with Crippen molar-refractivity contribution < 1.29 is 4.79 Å². The molecule has 1 aliphatic carbocycles. The highest BCUT2D eigenvalue weighted by Crippen LogP contribution is 2.41. The number of carbonyl (C=O) groups is 1. The minimum absolute atomic E-state index is 0.0453. The summed E-state index contributed by atoms with van der Waals surface area (Å²) in [6.45, 7) is 2.14. The van der Waals surface area contributed by atoms with Crippen LogP contribution in [0.25, 0.3) is 11.4 Å². The second-order valence-electron chi connectivity index (χ2n) is 6.72. The lowest BCUT2D eigenvalue weighted by atomic mass is 10.1. The average Bonchev–Trinajstić information content (AvgIpc) is 3.46. The maximum absolute atomic E-state index is 12.4. The predicted molar refractivity (Wildman–Crippen MR) is 120 cm³/mol. The number of rotatable bonds is 7. The number of amides is 1. The van der Waals surface area contributed by atoms with E-state index in [1.54, 1.807) is 12.4 Å². The Morgan fingerprint density at radius 2 is 1.93 bits per heavy atom. The summed E-state index contributed by atoms with van der Waals surface area (Å²) >= 11 is 3.80. The lowest BCUT2D eigenvalue weighted by Gasteiger charge is -2.09. The van der Waals surface area contributed by atoms with Crippen molar-refractivity contribution >= 4 is 45.9 Å². The molecule has 1 fully saturated rings. The zero-order valence-electron chi connectivity index (χ0n) is 15.4. The molecule has 1 aromatic carbocycles. The number of pyridine rings is 1. The fourth-order valence-electron chi connectivity index (χ4n) is 2.89. The van der Waals surface area contributed by atoms with E-state index < -0.39 is 0 Å². The van der Waals surface area contributed by atoms with Gasteiger partial charge in [0.15, 0.2) is 11.0 Å². The highest BCUT2D eigenvalue weighted by molar-refractivity contribution is 14.1. The van der Waals surface area contributed by atoms with Crippen LogP contribution in [0.1, 0.15) is 35.3 Å². The number of halogens is 1. The summed E-state index contributed by atoms with van der Waals surface area (Å²) in [5.74, 6) is 1.10. The molecule has 1 unspecified atom stereocenters. The average molecular weight is 505 g/mol. The Balaban J connectivity index is 1.42. The van der Waals surface area contributed by atoms with Crippen molar-refractivity contribution in [2.75, 3.05) is 11.1 Å². The highest BCUT2D eigenvalue weighted by atomic mass is 127. The molecule has 144 valence electrons. The summed E-state index contributed by atoms with van der Waals surface area (Å²) in [5.41, 5.74) is 3.05. The first-order chi connectivity index (χ1) is 13.6. The fourth-order valence-corrected chi connectivity index (χ4v) is 4.11. The monoisotopic (exact) mass is 505 g/mol. The minimum Gasteiger partial charge on any atom is -0.325 e. The molecule has 8 heteroatoms. The molecule has 1 amide bonds. The maximum atomic E-state index is 12.4. The van der Waals surface area contributed by atoms with Gasteiger partial charge in [-0.3, -0.25) is 14.3 Å². The summed E-state index contributed by atoms with van der Waals surface area (Å²) in [5, 5.41) is 12.4. The first-order valence-corrected chi connectivity index (χ1v) is 11.4. The fraction of sp³-hybridized carbons (Fsp3) is 0.300. The number of thioether (sulfide) groups is 1. The van der Waals surface area contributed by atoms with E-state index in [-0.39, 0.29) is 5.91 Å². The van der Waals surface area contributed by atoms with Crippen LogP contribution in [-0.2, 0) is 4.79 Å². The number of benzene rings is 1. The van der Waals surface area contributed by atoms with Crippen molar-refractivity contribution in [1.82, 2.24) is 19.7 Å². The van der Waals surface area contributed by atoms with E-state index in [0.29, 0.717) is 15.7 Å². The van der Waals surface area contributed by atoms with Crippen LogP contribution in [0, 0.1) is 0 Å². The van der Waals surface area contributed by atoms with E-state index in [4.69, 9.17) is 0 Å². The molecule has 6 nitrogen and oxygen atoms in total. The maximum Gasteiger partial charge on any atom is 0.234 e. The minimum atomic E-state index is -0.0453. The molecule has 0 aliphatic heterocycles. The molecule has 0 bridgehead atoms. The number of nitrogens with one attached hydrogen (secondary N) is 1. The van der Waals surface area contributed by atoms with Gasteiger partial charge in [0.2, 0.25) is 5.91 Å². The number of anilines is 1. The van der Waals surface area contributed by atoms with Gasteiger partial charge in [0.25, 0.3) is 0 Å². The van der Waals surface area contributed by atoms with Crippen molar-refractivity contribution in [2.24, 2.45) is 0 Å². The molecule has 0 saturated heterocycles. The second kappa shape index (κ2) is 8.60. The summed E-state index contributed by atoms with van der Waals surface area (Å²) in [6, 6.07) is 12.3. The third kappa shape index (κ3) is 4.54. The van der Waals surface area contributed by atoms with Crippen molar-refractivity contribution in [2.45, 2.75) is 34.9 Å². The molecule has 1 saturated carbocycles. The SMILES string of the molecule is CC(I)c1ccc(NC(=O)CSc2nnc(-c3ccncc3)n2C2CC2)cc1. The van der Waals surface area contributed by atoms with Crippen molar-refractivity contribution in [3.63, 3.8) is 0 Å². The van der Waals surface area contributed by atoms with E-state index in [1.807, 2.05) is 36.4 Å². The van der Waals surface area contributed by atoms with Gasteiger partial charge in [-0.15, -0.1) is 10.2 Å². The number of hydrogen-bond donors (Lipinski definition) is 1. The molecule has 1 N–H and O–H groups in total. The molecule has 4 rings (SSSR count). The largest absolute Gasteiger partial charge is 0.325 e. The van der Waals surface area contributed by atoms with Gasteiger partial charge in [-0.2, -0.15) is 0 Å². The molecule has 1 atom stereocenters. The third-order valence-corrected chi connectivity index (χ3v) is 6.16. The quantitative estimate of drug-likeness (QED) is 0.281. The lowest BCUT2D eigenvalue weighted by molar-refractivity contribution is -0.113. The third-order valence-electron chi connectivity index (χ3n) is 4.50. The number of aromatic nitrogens is 4. The normalized spacial score (nSPS) is 14.6. The second-order valence-corrected chi connectivity index (χ2v) is 9.53. The zero-order valence-corrected chi connectivity index (χ0v) is 18.4. The van der Waals surface area contributed by atoms with Crippen LogP contribution in [0.2, 0.25) is 0 Å². The number of alkyl halides is 1. The van der Waals surface area contributed by atoms with Gasteiger partial charge in [-0.25, -0.2) is 0 Å². The molecule has 0 radical (unpaired) electrons. The van der Waals surface area contributed by atoms with Gasteiger partial charge in [-0.1, -0.05) is 46.5 Å². The molecule has 2 heterocycles. The Hall–Kier alpha value is -1.94. The van der Waals surface area contributed by atoms with E-state index in [0.717, 1.165) is 35.1 Å². The van der Waals surface area contributed by atoms with Gasteiger partial charge in [0.1, 0.15) is 0 Å². The van der Waals surface area contributed by atoms with Crippen LogP contribution in [0.3, 0.4) is 0 Å². The topological polar surface area (TPSA) is 72.7 Å². The zero-order chi connectivity index (χ0) is 19.5. The van der Waals surface area contributed by atoms with Gasteiger partial charge >= 0.3 is 0 Å². The molecule has 2 aromatic heterocycles. The Morgan fingerprint density at radius 3 is 2.57 bits per heavy atom. The Kier molecular flexibility index (Phi) is 5.96. The van der Waals surface area contributed by atoms with Gasteiger partial charge < -0.3 is 5.32 Å². The van der Waals surface area contributed by atoms with Crippen LogP contribution in [0.4, 0.5) is 5.69 Å². The standard InChI is InChI=1S/C20H20IN5OS/c1-13(21)14-2-4-16(5-3-14)23-18(27)12-28-20-25-24-19(26(20)17-6-7-17)15-8-10-22-11-9-15/h2-5,8-11,13,17H,6-7,12H2,1H3,(H,23,27). The van der Waals surface area contributed by atoms with Crippen LogP contribution >= 0.6 is 34.4 Å². The summed E-state index contributed by atoms with van der Waals surface area (Å²) in [6.07, 6.45) is 5.76. The van der Waals surface area contributed by atoms with Gasteiger partial charge in [-0.05, 0) is 49.6 Å². The molecule has 3 aromatic rings. The summed E-state index contributed by atoms with van der Waals surface area (Å²) < 4.78 is 2.60. The first-order valence-electron chi connectivity index (χ1n) is 9.14. The van der Waals surface area contributed by atoms with Crippen molar-refractivity contribution in [3.05, 3.63) is 54.4 Å². The van der Waals surface area contributed by atoms with Crippen LogP contribution in [0.15, 0.2) is 53.9 Å². The van der Waals surface area contributed by atoms with E-state index >= 15 is 0 Å². The molecule has 1 aliphatic rings. The first kappa shape index (κ1) is 19.4. The summed E-state index contributed by atoms with van der Waals surface area (Å²) in [7, 11) is 0. The predicted octanol–water partition coefficient (Wildman–Crippen LogP) is 4.90. The number of carbonyl (C=O) groups excluding carboxylic acids is 1. The van der Waals surface area contributed by atoms with Crippen molar-refractivity contribution in [3.8, 4) is 11.4 Å². The van der Waals surface area contributed by atoms with Crippen LogP contribution in [-0.4, -0.2) is 31.4 Å². The Labute approximate surface area is 181 Å². The molecule has 0 spiro atoms. The van der Waals surface area contributed by atoms with Gasteiger partial charge in [0.05, 0.1) is 5.75 Å². The van der Waals surface area contributed by atoms with E-state index in [9.17, 15) is 4.79 Å². The van der Waals surface area contributed by atoms with Crippen LogP contribution in [0.5, 0.6) is 0 Å². The number of nitrogens with zero attached hydrogens (tertiary/aromatic N) is 4. The molecular formula is C20H20IN5OS. The lowest BCUT2D eigenvalue weighted by Crippen LogP contribution is -2.14. The highest BCUT2D eigenvalue weighted by Gasteiger charge is 2.30. The van der Waals surface area contributed by atoms with E-state index in [2.05, 4.69) is 54.6 Å². The Morgan fingerprint density at radius 1 is 1.21 bits per heavy atom. The smallest absolute Gasteiger partial charge is 0.234 e.